The summed E-state index contributed by atoms with van der Waals surface area (Å²) in [5.41, 5.74) is 1.46. The lowest BCUT2D eigenvalue weighted by Gasteiger charge is -2.32. The lowest BCUT2D eigenvalue weighted by Crippen LogP contribution is -2.45. The Hall–Kier alpha value is -3.90. The Morgan fingerprint density at radius 3 is 2.74 bits per heavy atom. The van der Waals surface area contributed by atoms with Crippen molar-refractivity contribution in [2.75, 3.05) is 55.9 Å². The van der Waals surface area contributed by atoms with E-state index in [2.05, 4.69) is 49.2 Å². The number of likely N-dealkylation sites (N-methyl/N-ethyl adjacent to an activating group) is 1. The van der Waals surface area contributed by atoms with E-state index in [-0.39, 0.29) is 11.8 Å². The van der Waals surface area contributed by atoms with Gasteiger partial charge in [-0.1, -0.05) is 18.7 Å². The number of nitrogens with one attached hydrogen (secondary N) is 3. The molecule has 3 aromatic rings. The van der Waals surface area contributed by atoms with Gasteiger partial charge in [-0.15, -0.1) is 0 Å². The molecule has 1 aliphatic carbocycles. The van der Waals surface area contributed by atoms with Gasteiger partial charge in [0, 0.05) is 48.7 Å². The normalized spacial score (nSPS) is 16.3. The molecule has 11 nitrogen and oxygen atoms in total. The third-order valence-corrected chi connectivity index (χ3v) is 7.08. The molecule has 1 aromatic carbocycles. The zero-order chi connectivity index (χ0) is 26.5. The first-order valence-corrected chi connectivity index (χ1v) is 13.3. The number of allylic oxidation sites excluding steroid dienone is 2. The van der Waals surface area contributed by atoms with E-state index in [1.54, 1.807) is 19.3 Å². The zero-order valence-corrected chi connectivity index (χ0v) is 22.3. The highest BCUT2D eigenvalue weighted by molar-refractivity contribution is 7.99. The number of piperazine rings is 1. The highest BCUT2D eigenvalue weighted by Gasteiger charge is 2.29. The third-order valence-electron chi connectivity index (χ3n) is 6.22. The Kier molecular flexibility index (Phi) is 7.89. The minimum atomic E-state index is 0.0779. The van der Waals surface area contributed by atoms with E-state index in [0.29, 0.717) is 34.3 Å². The van der Waals surface area contributed by atoms with Crippen molar-refractivity contribution in [2.24, 2.45) is 5.92 Å². The second kappa shape index (κ2) is 11.7. The van der Waals surface area contributed by atoms with Gasteiger partial charge in [0.15, 0.2) is 11.0 Å². The SMILES string of the molecule is C=C/C=C(\OC)c1cc(Nc2nc(Sc3cccc(NC(=O)C4CC4)c3)nc(N3CCN(C)CC3)n2)n[nH]1. The fourth-order valence-corrected chi connectivity index (χ4v) is 4.73. The summed E-state index contributed by atoms with van der Waals surface area (Å²) in [5, 5.41) is 14.0. The van der Waals surface area contributed by atoms with Crippen molar-refractivity contribution >= 4 is 46.8 Å². The van der Waals surface area contributed by atoms with Crippen LogP contribution in [-0.2, 0) is 9.53 Å². The van der Waals surface area contributed by atoms with Crippen LogP contribution in [-0.4, -0.2) is 76.3 Å². The molecule has 38 heavy (non-hydrogen) atoms. The first kappa shape index (κ1) is 25.7. The van der Waals surface area contributed by atoms with Crippen LogP contribution in [0.4, 0.5) is 23.4 Å². The van der Waals surface area contributed by atoms with Gasteiger partial charge in [-0.05, 0) is 55.9 Å². The maximum atomic E-state index is 12.2. The van der Waals surface area contributed by atoms with E-state index in [0.717, 1.165) is 49.6 Å². The van der Waals surface area contributed by atoms with E-state index in [1.165, 1.54) is 11.8 Å². The highest BCUT2D eigenvalue weighted by atomic mass is 32.2. The standard InChI is InChI=1S/C26H31N9O2S/c1-4-6-21(37-3)20-16-22(33-32-20)28-24-29-25(35-13-11-34(2)12-14-35)31-26(30-24)38-19-8-5-7-18(15-19)27-23(36)17-9-10-17/h4-8,15-17H,1,9-14H2,2-3H3,(H,27,36)(H2,28,29,30,31,32,33)/b21-6-. The van der Waals surface area contributed by atoms with Gasteiger partial charge in [0.25, 0.3) is 0 Å². The van der Waals surface area contributed by atoms with Crippen LogP contribution in [0.5, 0.6) is 0 Å². The lowest BCUT2D eigenvalue weighted by molar-refractivity contribution is -0.117. The summed E-state index contributed by atoms with van der Waals surface area (Å²) in [6.07, 6.45) is 5.33. The molecule has 0 spiro atoms. The van der Waals surface area contributed by atoms with Crippen LogP contribution >= 0.6 is 11.8 Å². The largest absolute Gasteiger partial charge is 0.495 e. The smallest absolute Gasteiger partial charge is 0.234 e. The summed E-state index contributed by atoms with van der Waals surface area (Å²) in [5.74, 6) is 2.37. The van der Waals surface area contributed by atoms with E-state index >= 15 is 0 Å². The number of anilines is 4. The predicted molar refractivity (Wildman–Crippen MR) is 149 cm³/mol. The predicted octanol–water partition coefficient (Wildman–Crippen LogP) is 3.76. The summed E-state index contributed by atoms with van der Waals surface area (Å²) in [4.78, 5) is 31.7. The molecule has 3 heterocycles. The number of benzene rings is 1. The number of rotatable bonds is 10. The van der Waals surface area contributed by atoms with E-state index in [1.807, 2.05) is 30.3 Å². The molecule has 0 unspecified atom stereocenters. The number of carbonyl (C=O) groups excluding carboxylic acids is 1. The van der Waals surface area contributed by atoms with Gasteiger partial charge in [-0.2, -0.15) is 20.1 Å². The first-order valence-electron chi connectivity index (χ1n) is 12.5. The van der Waals surface area contributed by atoms with Crippen molar-refractivity contribution in [3.05, 3.63) is 54.8 Å². The van der Waals surface area contributed by atoms with Crippen molar-refractivity contribution in [2.45, 2.75) is 22.9 Å². The molecular weight excluding hydrogens is 502 g/mol. The van der Waals surface area contributed by atoms with Gasteiger partial charge in [0.2, 0.25) is 17.8 Å². The van der Waals surface area contributed by atoms with Gasteiger partial charge in [-0.25, -0.2) is 0 Å². The van der Waals surface area contributed by atoms with Crippen LogP contribution < -0.4 is 15.5 Å². The quantitative estimate of drug-likeness (QED) is 0.262. The van der Waals surface area contributed by atoms with E-state index in [9.17, 15) is 4.79 Å². The highest BCUT2D eigenvalue weighted by Crippen LogP contribution is 2.32. The maximum absolute atomic E-state index is 12.2. The summed E-state index contributed by atoms with van der Waals surface area (Å²) < 4.78 is 5.39. The average Bonchev–Trinajstić information content (AvgIpc) is 3.67. The van der Waals surface area contributed by atoms with Gasteiger partial charge < -0.3 is 25.2 Å². The number of nitrogens with zero attached hydrogens (tertiary/aromatic N) is 6. The molecule has 3 N–H and O–H groups in total. The lowest BCUT2D eigenvalue weighted by atomic mass is 10.3. The molecule has 0 bridgehead atoms. The molecule has 198 valence electrons. The van der Waals surface area contributed by atoms with Gasteiger partial charge in [0.1, 0.15) is 11.5 Å². The molecular formula is C26H31N9O2S. The number of amides is 1. The molecule has 1 amide bonds. The van der Waals surface area contributed by atoms with Gasteiger partial charge in [-0.3, -0.25) is 9.89 Å². The Labute approximate surface area is 225 Å². The van der Waals surface area contributed by atoms with Crippen molar-refractivity contribution in [1.82, 2.24) is 30.0 Å². The topological polar surface area (TPSA) is 124 Å². The van der Waals surface area contributed by atoms with Crippen LogP contribution in [0.3, 0.4) is 0 Å². The molecule has 2 fully saturated rings. The molecule has 1 saturated heterocycles. The fraction of sp³-hybridized carbons (Fsp3) is 0.346. The number of aromatic amines is 1. The number of methoxy groups -OCH3 is 1. The average molecular weight is 534 g/mol. The molecule has 12 heteroatoms. The van der Waals surface area contributed by atoms with Crippen molar-refractivity contribution in [1.29, 1.82) is 0 Å². The molecule has 0 atom stereocenters. The first-order chi connectivity index (χ1) is 18.5. The van der Waals surface area contributed by atoms with Crippen LogP contribution in [0.25, 0.3) is 5.76 Å². The van der Waals surface area contributed by atoms with Crippen LogP contribution in [0.15, 0.2) is 59.1 Å². The van der Waals surface area contributed by atoms with Crippen LogP contribution in [0.1, 0.15) is 18.5 Å². The molecule has 2 aromatic heterocycles. The second-order valence-corrected chi connectivity index (χ2v) is 10.2. The fourth-order valence-electron chi connectivity index (χ4n) is 3.93. The third kappa shape index (κ3) is 6.50. The summed E-state index contributed by atoms with van der Waals surface area (Å²) in [6, 6.07) is 9.54. The van der Waals surface area contributed by atoms with E-state index < -0.39 is 0 Å². The monoisotopic (exact) mass is 533 g/mol. The number of hydrogen-bond acceptors (Lipinski definition) is 10. The Balaban J connectivity index is 1.39. The number of H-pyrrole nitrogens is 1. The molecule has 0 radical (unpaired) electrons. The van der Waals surface area contributed by atoms with Crippen molar-refractivity contribution < 1.29 is 9.53 Å². The summed E-state index contributed by atoms with van der Waals surface area (Å²) in [6.45, 7) is 7.22. The molecule has 1 saturated carbocycles. The Morgan fingerprint density at radius 2 is 2.00 bits per heavy atom. The second-order valence-electron chi connectivity index (χ2n) is 9.19. The number of ether oxygens (including phenoxy) is 1. The van der Waals surface area contributed by atoms with Crippen LogP contribution in [0.2, 0.25) is 0 Å². The van der Waals surface area contributed by atoms with Gasteiger partial charge >= 0.3 is 0 Å². The molecule has 2 aliphatic rings. The van der Waals surface area contributed by atoms with Crippen LogP contribution in [0, 0.1) is 5.92 Å². The van der Waals surface area contributed by atoms with Crippen molar-refractivity contribution in [3.8, 4) is 0 Å². The molecule has 5 rings (SSSR count). The number of carbonyl (C=O) groups is 1. The minimum absolute atomic E-state index is 0.0779. The van der Waals surface area contributed by atoms with Gasteiger partial charge in [0.05, 0.1) is 7.11 Å². The maximum Gasteiger partial charge on any atom is 0.234 e. The Morgan fingerprint density at radius 1 is 1.18 bits per heavy atom. The number of hydrogen-bond donors (Lipinski definition) is 3. The molecule has 1 aliphatic heterocycles. The minimum Gasteiger partial charge on any atom is -0.495 e. The zero-order valence-electron chi connectivity index (χ0n) is 21.5. The Bertz CT molecular complexity index is 1330. The summed E-state index contributed by atoms with van der Waals surface area (Å²) >= 11 is 1.42. The number of aromatic nitrogens is 5. The van der Waals surface area contributed by atoms with Crippen molar-refractivity contribution in [3.63, 3.8) is 0 Å². The van der Waals surface area contributed by atoms with E-state index in [4.69, 9.17) is 14.7 Å². The summed E-state index contributed by atoms with van der Waals surface area (Å²) in [7, 11) is 3.70.